The molecule has 1 aliphatic carbocycles. The lowest BCUT2D eigenvalue weighted by molar-refractivity contribution is 0.102. The molecule has 6 nitrogen and oxygen atoms in total. The molecule has 0 radical (unpaired) electrons. The van der Waals surface area contributed by atoms with Crippen molar-refractivity contribution in [2.75, 3.05) is 38.4 Å². The second-order valence-corrected chi connectivity index (χ2v) is 8.46. The Balaban J connectivity index is 1.06. The molecule has 2 heterocycles. The molecule has 0 spiro atoms. The van der Waals surface area contributed by atoms with Crippen LogP contribution in [0, 0.1) is 11.8 Å². The van der Waals surface area contributed by atoms with E-state index in [2.05, 4.69) is 10.2 Å². The maximum absolute atomic E-state index is 12.5. The zero-order valence-corrected chi connectivity index (χ0v) is 17.1. The molecule has 6 heteroatoms. The van der Waals surface area contributed by atoms with Gasteiger partial charge in [-0.3, -0.25) is 4.79 Å². The second-order valence-electron chi connectivity index (χ2n) is 8.46. The van der Waals surface area contributed by atoms with E-state index in [0.29, 0.717) is 29.4 Å². The van der Waals surface area contributed by atoms with Crippen molar-refractivity contribution in [2.45, 2.75) is 25.7 Å². The van der Waals surface area contributed by atoms with Crippen molar-refractivity contribution in [2.24, 2.45) is 11.8 Å². The van der Waals surface area contributed by atoms with Gasteiger partial charge in [-0.2, -0.15) is 0 Å². The molecular weight excluding hydrogens is 380 g/mol. The van der Waals surface area contributed by atoms with Crippen LogP contribution in [0.4, 0.5) is 5.69 Å². The minimum Gasteiger partial charge on any atom is -0.494 e. The fraction of sp³-hybridized carbons (Fsp3) is 0.458. The highest BCUT2D eigenvalue weighted by atomic mass is 16.7. The number of hydrogen-bond donors (Lipinski definition) is 1. The third-order valence-electron chi connectivity index (χ3n) is 6.44. The zero-order chi connectivity index (χ0) is 20.3. The van der Waals surface area contributed by atoms with Gasteiger partial charge in [0.05, 0.1) is 6.61 Å². The summed E-state index contributed by atoms with van der Waals surface area (Å²) in [7, 11) is 0. The van der Waals surface area contributed by atoms with E-state index in [4.69, 9.17) is 14.2 Å². The second kappa shape index (κ2) is 8.56. The number of rotatable bonds is 7. The Labute approximate surface area is 177 Å². The smallest absolute Gasteiger partial charge is 0.255 e. The van der Waals surface area contributed by atoms with Gasteiger partial charge in [-0.15, -0.1) is 0 Å². The Kier molecular flexibility index (Phi) is 5.49. The topological polar surface area (TPSA) is 60.0 Å². The van der Waals surface area contributed by atoms with Gasteiger partial charge in [0.1, 0.15) is 5.75 Å². The largest absolute Gasteiger partial charge is 0.494 e. The molecule has 1 amide bonds. The fourth-order valence-corrected chi connectivity index (χ4v) is 4.87. The van der Waals surface area contributed by atoms with Crippen LogP contribution in [0.2, 0.25) is 0 Å². The average molecular weight is 408 g/mol. The standard InChI is InChI=1S/C24H28N2O4/c27-24(25-20-7-10-22-23(13-20)30-16-29-22)17-5-8-21(9-6-17)28-12-2-11-26-14-18-3-1-4-19(18)15-26/h5-10,13,18-19H,1-4,11-12,14-16H2,(H,25,27). The highest BCUT2D eigenvalue weighted by molar-refractivity contribution is 6.04. The molecule has 3 aliphatic rings. The lowest BCUT2D eigenvalue weighted by Gasteiger charge is -2.16. The molecule has 2 fully saturated rings. The third kappa shape index (κ3) is 4.24. The van der Waals surface area contributed by atoms with Gasteiger partial charge in [0.2, 0.25) is 6.79 Å². The molecule has 5 rings (SSSR count). The van der Waals surface area contributed by atoms with Crippen LogP contribution in [0.1, 0.15) is 36.0 Å². The maximum Gasteiger partial charge on any atom is 0.255 e. The summed E-state index contributed by atoms with van der Waals surface area (Å²) >= 11 is 0. The van der Waals surface area contributed by atoms with E-state index in [-0.39, 0.29) is 12.7 Å². The van der Waals surface area contributed by atoms with Gasteiger partial charge in [-0.25, -0.2) is 0 Å². The van der Waals surface area contributed by atoms with Gasteiger partial charge >= 0.3 is 0 Å². The summed E-state index contributed by atoms with van der Waals surface area (Å²) < 4.78 is 16.5. The summed E-state index contributed by atoms with van der Waals surface area (Å²) in [4.78, 5) is 15.1. The Hall–Kier alpha value is -2.73. The number of ether oxygens (including phenoxy) is 3. The minimum atomic E-state index is -0.167. The van der Waals surface area contributed by atoms with Crippen molar-refractivity contribution in [3.05, 3.63) is 48.0 Å². The maximum atomic E-state index is 12.5. The lowest BCUT2D eigenvalue weighted by Crippen LogP contribution is -2.24. The van der Waals surface area contributed by atoms with Crippen LogP contribution < -0.4 is 19.5 Å². The summed E-state index contributed by atoms with van der Waals surface area (Å²) in [5.41, 5.74) is 1.26. The highest BCUT2D eigenvalue weighted by Crippen LogP contribution is 2.37. The molecule has 2 atom stereocenters. The van der Waals surface area contributed by atoms with E-state index in [1.54, 1.807) is 30.3 Å². The molecular formula is C24H28N2O4. The summed E-state index contributed by atoms with van der Waals surface area (Å²) in [5.74, 6) is 3.87. The number of nitrogens with zero attached hydrogens (tertiary/aromatic N) is 1. The van der Waals surface area contributed by atoms with Crippen LogP contribution in [0.5, 0.6) is 17.2 Å². The van der Waals surface area contributed by atoms with E-state index in [0.717, 1.165) is 30.6 Å². The predicted molar refractivity (Wildman–Crippen MR) is 114 cm³/mol. The molecule has 2 unspecified atom stereocenters. The van der Waals surface area contributed by atoms with Crippen molar-refractivity contribution in [1.82, 2.24) is 4.90 Å². The quantitative estimate of drug-likeness (QED) is 0.697. The molecule has 158 valence electrons. The number of anilines is 1. The van der Waals surface area contributed by atoms with Gasteiger partial charge in [-0.1, -0.05) is 6.42 Å². The molecule has 1 N–H and O–H groups in total. The van der Waals surface area contributed by atoms with Crippen LogP contribution in [0.15, 0.2) is 42.5 Å². The number of carbonyl (C=O) groups is 1. The van der Waals surface area contributed by atoms with Gasteiger partial charge in [-0.05, 0) is 67.5 Å². The Bertz CT molecular complexity index is 887. The molecule has 2 aliphatic heterocycles. The first-order valence-corrected chi connectivity index (χ1v) is 10.9. The Morgan fingerprint density at radius 1 is 1.03 bits per heavy atom. The van der Waals surface area contributed by atoms with Crippen molar-refractivity contribution in [3.8, 4) is 17.2 Å². The fourth-order valence-electron chi connectivity index (χ4n) is 4.87. The summed E-state index contributed by atoms with van der Waals surface area (Å²) in [6.07, 6.45) is 5.31. The van der Waals surface area contributed by atoms with Gasteiger partial charge < -0.3 is 24.4 Å². The Morgan fingerprint density at radius 3 is 2.60 bits per heavy atom. The first-order valence-electron chi connectivity index (χ1n) is 10.9. The van der Waals surface area contributed by atoms with Gasteiger partial charge in [0.25, 0.3) is 5.91 Å². The number of fused-ring (bicyclic) bond motifs is 2. The number of amides is 1. The van der Waals surface area contributed by atoms with E-state index < -0.39 is 0 Å². The first-order chi connectivity index (χ1) is 14.7. The van der Waals surface area contributed by atoms with Crippen molar-refractivity contribution in [1.29, 1.82) is 0 Å². The first kappa shape index (κ1) is 19.2. The predicted octanol–water partition coefficient (Wildman–Crippen LogP) is 4.17. The average Bonchev–Trinajstić information content (AvgIpc) is 3.47. The van der Waals surface area contributed by atoms with Crippen molar-refractivity contribution >= 4 is 11.6 Å². The molecule has 1 saturated heterocycles. The molecule has 0 aromatic heterocycles. The van der Waals surface area contributed by atoms with Crippen molar-refractivity contribution in [3.63, 3.8) is 0 Å². The van der Waals surface area contributed by atoms with Gasteiger partial charge in [0, 0.05) is 37.0 Å². The zero-order valence-electron chi connectivity index (χ0n) is 17.1. The number of nitrogens with one attached hydrogen (secondary N) is 1. The summed E-state index contributed by atoms with van der Waals surface area (Å²) in [6.45, 7) is 4.58. The summed E-state index contributed by atoms with van der Waals surface area (Å²) in [6, 6.07) is 12.7. The van der Waals surface area contributed by atoms with Crippen LogP contribution in [-0.4, -0.2) is 43.8 Å². The van der Waals surface area contributed by atoms with Crippen LogP contribution in [0.25, 0.3) is 0 Å². The van der Waals surface area contributed by atoms with Gasteiger partial charge in [0.15, 0.2) is 11.5 Å². The third-order valence-corrected chi connectivity index (χ3v) is 6.44. The molecule has 1 saturated carbocycles. The normalized spacial score (nSPS) is 22.1. The van der Waals surface area contributed by atoms with E-state index in [9.17, 15) is 4.79 Å². The number of hydrogen-bond acceptors (Lipinski definition) is 5. The number of carbonyl (C=O) groups excluding carboxylic acids is 1. The molecule has 2 aromatic rings. The SMILES string of the molecule is O=C(Nc1ccc2c(c1)OCO2)c1ccc(OCCCN2CC3CCCC3C2)cc1. The monoisotopic (exact) mass is 408 g/mol. The number of benzene rings is 2. The molecule has 2 aromatic carbocycles. The lowest BCUT2D eigenvalue weighted by atomic mass is 10.0. The van der Waals surface area contributed by atoms with E-state index in [1.807, 2.05) is 12.1 Å². The van der Waals surface area contributed by atoms with Crippen LogP contribution >= 0.6 is 0 Å². The molecule has 30 heavy (non-hydrogen) atoms. The van der Waals surface area contributed by atoms with Crippen LogP contribution in [0.3, 0.4) is 0 Å². The minimum absolute atomic E-state index is 0.167. The van der Waals surface area contributed by atoms with Crippen molar-refractivity contribution < 1.29 is 19.0 Å². The molecule has 0 bridgehead atoms. The summed E-state index contributed by atoms with van der Waals surface area (Å²) in [5, 5.41) is 2.89. The van der Waals surface area contributed by atoms with Crippen LogP contribution in [-0.2, 0) is 0 Å². The Morgan fingerprint density at radius 2 is 1.80 bits per heavy atom. The highest BCUT2D eigenvalue weighted by Gasteiger charge is 2.35. The van der Waals surface area contributed by atoms with E-state index in [1.165, 1.54) is 32.4 Å². The van der Waals surface area contributed by atoms with E-state index >= 15 is 0 Å². The number of likely N-dealkylation sites (tertiary alicyclic amines) is 1.